The van der Waals surface area contributed by atoms with Gasteiger partial charge in [-0.3, -0.25) is 0 Å². The second-order valence-corrected chi connectivity index (χ2v) is 3.68. The fourth-order valence-electron chi connectivity index (χ4n) is 1.58. The van der Waals surface area contributed by atoms with Crippen LogP contribution in [-0.4, -0.2) is 5.11 Å². The van der Waals surface area contributed by atoms with Crippen LogP contribution in [-0.2, 0) is 6.54 Å². The van der Waals surface area contributed by atoms with Gasteiger partial charge in [-0.1, -0.05) is 24.3 Å². The number of phenolic OH excluding ortho intramolecular Hbond substituents is 1. The van der Waals surface area contributed by atoms with E-state index < -0.39 is 17.4 Å². The van der Waals surface area contributed by atoms with Gasteiger partial charge in [0.2, 0.25) is 0 Å². The number of nitrogens with two attached hydrogens (primary N) is 1. The third-order valence-electron chi connectivity index (χ3n) is 2.54. The molecule has 0 bridgehead atoms. The van der Waals surface area contributed by atoms with E-state index in [2.05, 4.69) is 0 Å². The lowest BCUT2D eigenvalue weighted by molar-refractivity contribution is 0.427. The van der Waals surface area contributed by atoms with Crippen molar-refractivity contribution in [3.8, 4) is 16.9 Å². The Morgan fingerprint density at radius 1 is 1.00 bits per heavy atom. The van der Waals surface area contributed by atoms with Crippen molar-refractivity contribution in [2.24, 2.45) is 5.73 Å². The average molecular weight is 235 g/mol. The molecule has 0 aromatic heterocycles. The molecule has 2 rings (SSSR count). The van der Waals surface area contributed by atoms with Gasteiger partial charge in [-0.05, 0) is 17.2 Å². The fraction of sp³-hybridized carbons (Fsp3) is 0.0769. The number of benzene rings is 2. The Bertz CT molecular complexity index is 538. The number of halogens is 2. The normalized spacial score (nSPS) is 10.5. The Balaban J connectivity index is 2.48. The molecule has 0 saturated heterocycles. The predicted molar refractivity (Wildman–Crippen MR) is 61.4 cm³/mol. The third kappa shape index (κ3) is 2.26. The number of aromatic hydroxyl groups is 1. The summed E-state index contributed by atoms with van der Waals surface area (Å²) in [5.74, 6) is -2.20. The van der Waals surface area contributed by atoms with Crippen LogP contribution in [0.2, 0.25) is 0 Å². The molecular formula is C13H11F2NO. The summed E-state index contributed by atoms with van der Waals surface area (Å²) in [6, 6.07) is 8.57. The number of hydrogen-bond donors (Lipinski definition) is 2. The van der Waals surface area contributed by atoms with Crippen molar-refractivity contribution in [1.82, 2.24) is 0 Å². The zero-order valence-corrected chi connectivity index (χ0v) is 8.95. The topological polar surface area (TPSA) is 46.2 Å². The maximum atomic E-state index is 13.5. The van der Waals surface area contributed by atoms with Gasteiger partial charge in [0.1, 0.15) is 5.82 Å². The minimum Gasteiger partial charge on any atom is -0.505 e. The van der Waals surface area contributed by atoms with Crippen LogP contribution < -0.4 is 5.73 Å². The summed E-state index contributed by atoms with van der Waals surface area (Å²) in [7, 11) is 0. The van der Waals surface area contributed by atoms with Crippen molar-refractivity contribution in [3.63, 3.8) is 0 Å². The summed E-state index contributed by atoms with van der Waals surface area (Å²) in [5, 5.41) is 9.02. The van der Waals surface area contributed by atoms with Crippen molar-refractivity contribution in [2.75, 3.05) is 0 Å². The van der Waals surface area contributed by atoms with Crippen LogP contribution in [0.1, 0.15) is 5.56 Å². The van der Waals surface area contributed by atoms with Crippen LogP contribution in [0.5, 0.6) is 5.75 Å². The maximum Gasteiger partial charge on any atom is 0.165 e. The largest absolute Gasteiger partial charge is 0.505 e. The summed E-state index contributed by atoms with van der Waals surface area (Å²) in [5.41, 5.74) is 7.01. The second-order valence-electron chi connectivity index (χ2n) is 3.68. The first-order chi connectivity index (χ1) is 8.11. The molecule has 0 spiro atoms. The minimum absolute atomic E-state index is 0.115. The summed E-state index contributed by atoms with van der Waals surface area (Å²) in [4.78, 5) is 0. The van der Waals surface area contributed by atoms with Crippen LogP contribution in [0.4, 0.5) is 8.78 Å². The molecule has 0 amide bonds. The Hall–Kier alpha value is -1.94. The first-order valence-corrected chi connectivity index (χ1v) is 5.09. The van der Waals surface area contributed by atoms with E-state index >= 15 is 0 Å². The van der Waals surface area contributed by atoms with Crippen molar-refractivity contribution < 1.29 is 13.9 Å². The maximum absolute atomic E-state index is 13.5. The lowest BCUT2D eigenvalue weighted by atomic mass is 10.0. The van der Waals surface area contributed by atoms with E-state index in [1.54, 1.807) is 24.3 Å². The van der Waals surface area contributed by atoms with E-state index in [-0.39, 0.29) is 5.56 Å². The van der Waals surface area contributed by atoms with Gasteiger partial charge in [0.25, 0.3) is 0 Å². The quantitative estimate of drug-likeness (QED) is 0.840. The minimum atomic E-state index is -0.843. The van der Waals surface area contributed by atoms with Crippen LogP contribution in [0.3, 0.4) is 0 Å². The summed E-state index contributed by atoms with van der Waals surface area (Å²) in [6.45, 7) is 0.396. The van der Waals surface area contributed by atoms with Crippen molar-refractivity contribution in [1.29, 1.82) is 0 Å². The predicted octanol–water partition coefficient (Wildman–Crippen LogP) is 2.80. The van der Waals surface area contributed by atoms with E-state index in [0.29, 0.717) is 12.1 Å². The molecule has 2 nitrogen and oxygen atoms in total. The molecule has 0 aliphatic heterocycles. The van der Waals surface area contributed by atoms with E-state index in [9.17, 15) is 8.78 Å². The van der Waals surface area contributed by atoms with Gasteiger partial charge in [0.15, 0.2) is 11.6 Å². The van der Waals surface area contributed by atoms with Gasteiger partial charge in [0.05, 0.1) is 0 Å². The van der Waals surface area contributed by atoms with Crippen LogP contribution >= 0.6 is 0 Å². The molecule has 0 aliphatic carbocycles. The van der Waals surface area contributed by atoms with Gasteiger partial charge in [-0.2, -0.15) is 0 Å². The third-order valence-corrected chi connectivity index (χ3v) is 2.54. The molecular weight excluding hydrogens is 224 g/mol. The Morgan fingerprint density at radius 2 is 1.65 bits per heavy atom. The molecule has 0 radical (unpaired) electrons. The van der Waals surface area contributed by atoms with Crippen molar-refractivity contribution in [2.45, 2.75) is 6.54 Å². The molecule has 0 saturated carbocycles. The van der Waals surface area contributed by atoms with Gasteiger partial charge < -0.3 is 10.8 Å². The number of phenols is 1. The summed E-state index contributed by atoms with van der Waals surface area (Å²) < 4.78 is 26.7. The molecule has 88 valence electrons. The highest BCUT2D eigenvalue weighted by atomic mass is 19.1. The highest BCUT2D eigenvalue weighted by Crippen LogP contribution is 2.28. The highest BCUT2D eigenvalue weighted by molar-refractivity contribution is 5.65. The molecule has 0 aliphatic rings. The second kappa shape index (κ2) is 4.51. The van der Waals surface area contributed by atoms with E-state index in [0.717, 1.165) is 17.7 Å². The van der Waals surface area contributed by atoms with Crippen LogP contribution in [0.25, 0.3) is 11.1 Å². The number of hydrogen-bond acceptors (Lipinski definition) is 2. The zero-order valence-electron chi connectivity index (χ0n) is 8.95. The van der Waals surface area contributed by atoms with E-state index in [1.165, 1.54) is 0 Å². The molecule has 0 heterocycles. The van der Waals surface area contributed by atoms with Crippen LogP contribution in [0, 0.1) is 11.6 Å². The van der Waals surface area contributed by atoms with E-state index in [1.807, 2.05) is 0 Å². The van der Waals surface area contributed by atoms with Crippen LogP contribution in [0.15, 0.2) is 36.4 Å². The SMILES string of the molecule is NCc1ccc(-c2cc(F)c(O)cc2F)cc1. The molecule has 17 heavy (non-hydrogen) atoms. The summed E-state index contributed by atoms with van der Waals surface area (Å²) >= 11 is 0. The Labute approximate surface area is 97.3 Å². The van der Waals surface area contributed by atoms with Crippen molar-refractivity contribution >= 4 is 0 Å². The first-order valence-electron chi connectivity index (χ1n) is 5.09. The molecule has 4 heteroatoms. The number of rotatable bonds is 2. The lowest BCUT2D eigenvalue weighted by Crippen LogP contribution is -1.95. The van der Waals surface area contributed by atoms with Gasteiger partial charge in [-0.25, -0.2) is 8.78 Å². The van der Waals surface area contributed by atoms with E-state index in [4.69, 9.17) is 10.8 Å². The molecule has 2 aromatic carbocycles. The Morgan fingerprint density at radius 3 is 2.24 bits per heavy atom. The zero-order chi connectivity index (χ0) is 12.4. The first kappa shape index (κ1) is 11.5. The van der Waals surface area contributed by atoms with Crippen molar-refractivity contribution in [3.05, 3.63) is 53.6 Å². The average Bonchev–Trinajstić information content (AvgIpc) is 2.34. The highest BCUT2D eigenvalue weighted by Gasteiger charge is 2.10. The molecule has 2 aromatic rings. The van der Waals surface area contributed by atoms with Gasteiger partial charge >= 0.3 is 0 Å². The summed E-state index contributed by atoms with van der Waals surface area (Å²) in [6.07, 6.45) is 0. The molecule has 0 atom stereocenters. The monoisotopic (exact) mass is 235 g/mol. The fourth-order valence-corrected chi connectivity index (χ4v) is 1.58. The molecule has 0 unspecified atom stereocenters. The van der Waals surface area contributed by atoms with Gasteiger partial charge in [-0.15, -0.1) is 0 Å². The molecule has 3 N–H and O–H groups in total. The standard InChI is InChI=1S/C13H11F2NO/c14-11-6-13(17)12(15)5-10(11)9-3-1-8(7-16)2-4-9/h1-6,17H,7,16H2. The Kier molecular flexibility index (Phi) is 3.06. The molecule has 0 fully saturated rings. The lowest BCUT2D eigenvalue weighted by Gasteiger charge is -2.06. The smallest absolute Gasteiger partial charge is 0.165 e. The van der Waals surface area contributed by atoms with Gasteiger partial charge in [0, 0.05) is 18.2 Å².